The molecule has 1 amide bonds. The number of hydrogen-bond donors (Lipinski definition) is 1. The average molecular weight is 291 g/mol. The third-order valence-electron chi connectivity index (χ3n) is 4.00. The number of carbonyl (C=O) groups excluding carboxylic acids is 1. The minimum Gasteiger partial charge on any atom is -0.383 e. The number of amides is 1. The van der Waals surface area contributed by atoms with Crippen LogP contribution in [0.5, 0.6) is 0 Å². The van der Waals surface area contributed by atoms with Crippen LogP contribution in [-0.2, 0) is 16.1 Å². The number of rotatable bonds is 5. The molecule has 1 atom stereocenters. The van der Waals surface area contributed by atoms with Crippen molar-refractivity contribution in [3.8, 4) is 0 Å². The summed E-state index contributed by atoms with van der Waals surface area (Å²) in [4.78, 5) is 16.3. The molecule has 0 aromatic heterocycles. The maximum absolute atomic E-state index is 12.1. The van der Waals surface area contributed by atoms with Gasteiger partial charge in [-0.25, -0.2) is 0 Å². The fourth-order valence-electron chi connectivity index (χ4n) is 2.64. The van der Waals surface area contributed by atoms with E-state index in [4.69, 9.17) is 10.5 Å². The summed E-state index contributed by atoms with van der Waals surface area (Å²) < 4.78 is 4.95. The van der Waals surface area contributed by atoms with E-state index < -0.39 is 6.04 Å². The summed E-state index contributed by atoms with van der Waals surface area (Å²) in [5.74, 6) is -0.00704. The molecule has 0 bridgehead atoms. The van der Waals surface area contributed by atoms with Crippen molar-refractivity contribution in [2.45, 2.75) is 19.5 Å². The van der Waals surface area contributed by atoms with Crippen LogP contribution in [0.2, 0.25) is 0 Å². The van der Waals surface area contributed by atoms with Gasteiger partial charge in [-0.3, -0.25) is 9.69 Å². The van der Waals surface area contributed by atoms with Gasteiger partial charge in [-0.15, -0.1) is 0 Å². The van der Waals surface area contributed by atoms with Crippen molar-refractivity contribution in [3.05, 3.63) is 35.4 Å². The predicted octanol–water partition coefficient (Wildman–Crippen LogP) is 0.613. The smallest absolute Gasteiger partial charge is 0.241 e. The van der Waals surface area contributed by atoms with Gasteiger partial charge in [0.05, 0.1) is 6.61 Å². The van der Waals surface area contributed by atoms with Crippen LogP contribution in [0, 0.1) is 6.92 Å². The van der Waals surface area contributed by atoms with Crippen LogP contribution >= 0.6 is 0 Å². The molecule has 0 radical (unpaired) electrons. The van der Waals surface area contributed by atoms with Crippen molar-refractivity contribution in [2.75, 3.05) is 39.9 Å². The molecule has 1 aromatic carbocycles. The minimum absolute atomic E-state index is 0.00704. The van der Waals surface area contributed by atoms with Crippen molar-refractivity contribution >= 4 is 5.91 Å². The molecule has 1 aliphatic rings. The molecule has 2 N–H and O–H groups in total. The maximum atomic E-state index is 12.1. The van der Waals surface area contributed by atoms with Crippen molar-refractivity contribution < 1.29 is 9.53 Å². The number of carbonyl (C=O) groups is 1. The van der Waals surface area contributed by atoms with E-state index in [1.54, 1.807) is 7.11 Å². The molecule has 0 spiro atoms. The molecule has 1 aromatic rings. The Morgan fingerprint density at radius 3 is 2.57 bits per heavy atom. The molecule has 1 saturated heterocycles. The quantitative estimate of drug-likeness (QED) is 0.864. The van der Waals surface area contributed by atoms with Gasteiger partial charge in [0.2, 0.25) is 5.91 Å². The summed E-state index contributed by atoms with van der Waals surface area (Å²) in [6.07, 6.45) is 0. The average Bonchev–Trinajstić information content (AvgIpc) is 2.50. The van der Waals surface area contributed by atoms with E-state index in [0.717, 1.165) is 32.7 Å². The van der Waals surface area contributed by atoms with Gasteiger partial charge in [0.1, 0.15) is 6.04 Å². The zero-order valence-corrected chi connectivity index (χ0v) is 12.9. The van der Waals surface area contributed by atoms with Crippen LogP contribution in [0.1, 0.15) is 11.1 Å². The molecular weight excluding hydrogens is 266 g/mol. The maximum Gasteiger partial charge on any atom is 0.241 e. The van der Waals surface area contributed by atoms with Crippen LogP contribution in [0.15, 0.2) is 24.3 Å². The highest BCUT2D eigenvalue weighted by atomic mass is 16.5. The van der Waals surface area contributed by atoms with Crippen molar-refractivity contribution in [1.82, 2.24) is 9.80 Å². The van der Waals surface area contributed by atoms with E-state index in [1.165, 1.54) is 11.1 Å². The fourth-order valence-corrected chi connectivity index (χ4v) is 2.64. The Kier molecular flexibility index (Phi) is 5.73. The molecule has 116 valence electrons. The summed E-state index contributed by atoms with van der Waals surface area (Å²) >= 11 is 0. The lowest BCUT2D eigenvalue weighted by Gasteiger charge is -2.36. The largest absolute Gasteiger partial charge is 0.383 e. The summed E-state index contributed by atoms with van der Waals surface area (Å²) in [5, 5.41) is 0. The highest BCUT2D eigenvalue weighted by Gasteiger charge is 2.25. The van der Waals surface area contributed by atoms with Crippen molar-refractivity contribution in [1.29, 1.82) is 0 Å². The normalized spacial score (nSPS) is 17.8. The number of benzene rings is 1. The van der Waals surface area contributed by atoms with Gasteiger partial charge < -0.3 is 15.4 Å². The highest BCUT2D eigenvalue weighted by molar-refractivity contribution is 5.81. The molecule has 1 unspecified atom stereocenters. The first-order valence-electron chi connectivity index (χ1n) is 7.42. The summed E-state index contributed by atoms with van der Waals surface area (Å²) in [6.45, 7) is 6.61. The molecular formula is C16H25N3O2. The van der Waals surface area contributed by atoms with Crippen LogP contribution in [-0.4, -0.2) is 61.6 Å². The predicted molar refractivity (Wildman–Crippen MR) is 82.9 cm³/mol. The fraction of sp³-hybridized carbons (Fsp3) is 0.562. The van der Waals surface area contributed by atoms with Gasteiger partial charge in [0, 0.05) is 39.8 Å². The lowest BCUT2D eigenvalue weighted by atomic mass is 10.1. The topological polar surface area (TPSA) is 58.8 Å². The van der Waals surface area contributed by atoms with E-state index >= 15 is 0 Å². The molecule has 1 aliphatic heterocycles. The standard InChI is InChI=1S/C16H25N3O2/c1-13-5-3-4-6-14(13)11-18-7-9-19(10-8-18)16(20)15(17)12-21-2/h3-6,15H,7-12,17H2,1-2H3. The first-order valence-corrected chi connectivity index (χ1v) is 7.42. The molecule has 0 aliphatic carbocycles. The van der Waals surface area contributed by atoms with Gasteiger partial charge in [-0.1, -0.05) is 24.3 Å². The van der Waals surface area contributed by atoms with E-state index in [9.17, 15) is 4.79 Å². The SMILES string of the molecule is COCC(N)C(=O)N1CCN(Cc2ccccc2C)CC1. The van der Waals surface area contributed by atoms with E-state index in [0.29, 0.717) is 0 Å². The van der Waals surface area contributed by atoms with E-state index in [2.05, 4.69) is 36.1 Å². The Hall–Kier alpha value is -1.43. The Bertz CT molecular complexity index is 470. The molecule has 1 heterocycles. The molecule has 1 fully saturated rings. The van der Waals surface area contributed by atoms with Gasteiger partial charge >= 0.3 is 0 Å². The number of aryl methyl sites for hydroxylation is 1. The molecule has 5 heteroatoms. The van der Waals surface area contributed by atoms with Gasteiger partial charge in [0.25, 0.3) is 0 Å². The number of nitrogens with two attached hydrogens (primary N) is 1. The summed E-state index contributed by atoms with van der Waals surface area (Å²) in [6, 6.07) is 7.90. The van der Waals surface area contributed by atoms with Crippen LogP contribution < -0.4 is 5.73 Å². The highest BCUT2D eigenvalue weighted by Crippen LogP contribution is 2.12. The van der Waals surface area contributed by atoms with Crippen molar-refractivity contribution in [2.24, 2.45) is 5.73 Å². The summed E-state index contributed by atoms with van der Waals surface area (Å²) in [7, 11) is 1.56. The monoisotopic (exact) mass is 291 g/mol. The molecule has 5 nitrogen and oxygen atoms in total. The first-order chi connectivity index (χ1) is 10.1. The zero-order chi connectivity index (χ0) is 15.2. The number of hydrogen-bond acceptors (Lipinski definition) is 4. The van der Waals surface area contributed by atoms with Gasteiger partial charge in [-0.2, -0.15) is 0 Å². The Labute approximate surface area is 126 Å². The molecule has 21 heavy (non-hydrogen) atoms. The number of methoxy groups -OCH3 is 1. The first kappa shape index (κ1) is 15.9. The Morgan fingerprint density at radius 1 is 1.29 bits per heavy atom. The van der Waals surface area contributed by atoms with Gasteiger partial charge in [-0.05, 0) is 18.1 Å². The van der Waals surface area contributed by atoms with E-state index in [-0.39, 0.29) is 12.5 Å². The molecule has 2 rings (SSSR count). The van der Waals surface area contributed by atoms with Crippen molar-refractivity contribution in [3.63, 3.8) is 0 Å². The second-order valence-electron chi connectivity index (χ2n) is 5.59. The number of nitrogens with zero attached hydrogens (tertiary/aromatic N) is 2. The second-order valence-corrected chi connectivity index (χ2v) is 5.59. The Morgan fingerprint density at radius 2 is 1.95 bits per heavy atom. The third-order valence-corrected chi connectivity index (χ3v) is 4.00. The summed E-state index contributed by atoms with van der Waals surface area (Å²) in [5.41, 5.74) is 8.48. The lowest BCUT2D eigenvalue weighted by Crippen LogP contribution is -2.53. The minimum atomic E-state index is -0.544. The van der Waals surface area contributed by atoms with Crippen LogP contribution in [0.25, 0.3) is 0 Å². The van der Waals surface area contributed by atoms with Gasteiger partial charge in [0.15, 0.2) is 0 Å². The lowest BCUT2D eigenvalue weighted by molar-refractivity contribution is -0.135. The van der Waals surface area contributed by atoms with Crippen LogP contribution in [0.4, 0.5) is 0 Å². The third kappa shape index (κ3) is 4.27. The number of ether oxygens (including phenoxy) is 1. The number of piperazine rings is 1. The van der Waals surface area contributed by atoms with Crippen LogP contribution in [0.3, 0.4) is 0 Å². The zero-order valence-electron chi connectivity index (χ0n) is 12.9. The second kappa shape index (κ2) is 7.54. The molecule has 0 saturated carbocycles. The Balaban J connectivity index is 1.83. The van der Waals surface area contributed by atoms with E-state index in [1.807, 2.05) is 4.90 Å².